The third-order valence-electron chi connectivity index (χ3n) is 4.39. The van der Waals surface area contributed by atoms with Gasteiger partial charge in [-0.25, -0.2) is 0 Å². The molecule has 0 bridgehead atoms. The van der Waals surface area contributed by atoms with Crippen molar-refractivity contribution in [3.63, 3.8) is 0 Å². The summed E-state index contributed by atoms with van der Waals surface area (Å²) in [5.74, 6) is 0.988. The number of aliphatic hydroxyl groups excluding tert-OH is 1. The zero-order valence-corrected chi connectivity index (χ0v) is 11.2. The van der Waals surface area contributed by atoms with Crippen molar-refractivity contribution in [3.8, 4) is 0 Å². The maximum Gasteiger partial charge on any atom is 0.0611 e. The van der Waals surface area contributed by atoms with Crippen LogP contribution in [0.1, 0.15) is 51.9 Å². The number of nitrogens with zero attached hydrogens (tertiary/aromatic N) is 1. The Bertz CT molecular complexity index is 232. The van der Waals surface area contributed by atoms with E-state index in [9.17, 15) is 5.11 Å². The number of rotatable bonds is 9. The topological polar surface area (TPSA) is 49.5 Å². The second-order valence-electron chi connectivity index (χ2n) is 6.15. The molecule has 0 aromatic rings. The molecule has 100 valence electrons. The molecule has 2 fully saturated rings. The lowest BCUT2D eigenvalue weighted by Crippen LogP contribution is -2.43. The van der Waals surface area contributed by atoms with Gasteiger partial charge in [-0.05, 0) is 57.4 Å². The monoisotopic (exact) mass is 240 g/mol. The van der Waals surface area contributed by atoms with Crippen molar-refractivity contribution < 1.29 is 5.11 Å². The van der Waals surface area contributed by atoms with E-state index in [2.05, 4.69) is 11.8 Å². The maximum absolute atomic E-state index is 9.29. The Morgan fingerprint density at radius 3 is 2.47 bits per heavy atom. The molecule has 0 aromatic heterocycles. The van der Waals surface area contributed by atoms with Crippen LogP contribution in [0, 0.1) is 5.92 Å². The predicted molar refractivity (Wildman–Crippen MR) is 70.8 cm³/mol. The SMILES string of the molecule is CCC(N)(CO)CCCN(CC1CC1)C1CC1. The van der Waals surface area contributed by atoms with Crippen LogP contribution in [-0.2, 0) is 0 Å². The van der Waals surface area contributed by atoms with Crippen LogP contribution in [0.5, 0.6) is 0 Å². The summed E-state index contributed by atoms with van der Waals surface area (Å²) < 4.78 is 0. The molecule has 2 aliphatic carbocycles. The van der Waals surface area contributed by atoms with Crippen molar-refractivity contribution in [2.75, 3.05) is 19.7 Å². The number of hydrogen-bond donors (Lipinski definition) is 2. The molecule has 17 heavy (non-hydrogen) atoms. The van der Waals surface area contributed by atoms with Gasteiger partial charge in [0.1, 0.15) is 0 Å². The zero-order valence-electron chi connectivity index (χ0n) is 11.2. The summed E-state index contributed by atoms with van der Waals surface area (Å²) in [4.78, 5) is 2.67. The molecule has 0 aromatic carbocycles. The number of hydrogen-bond acceptors (Lipinski definition) is 3. The van der Waals surface area contributed by atoms with Gasteiger partial charge in [0.2, 0.25) is 0 Å². The van der Waals surface area contributed by atoms with E-state index in [4.69, 9.17) is 5.73 Å². The molecule has 3 nitrogen and oxygen atoms in total. The van der Waals surface area contributed by atoms with Crippen molar-refractivity contribution in [2.45, 2.75) is 63.5 Å². The van der Waals surface area contributed by atoms with Crippen LogP contribution in [0.25, 0.3) is 0 Å². The van der Waals surface area contributed by atoms with Crippen molar-refractivity contribution in [1.82, 2.24) is 4.90 Å². The van der Waals surface area contributed by atoms with Crippen molar-refractivity contribution in [1.29, 1.82) is 0 Å². The van der Waals surface area contributed by atoms with Gasteiger partial charge in [0.25, 0.3) is 0 Å². The second kappa shape index (κ2) is 5.68. The molecule has 0 aliphatic heterocycles. The Labute approximate surface area is 105 Å². The van der Waals surface area contributed by atoms with E-state index >= 15 is 0 Å². The van der Waals surface area contributed by atoms with Crippen molar-refractivity contribution in [2.24, 2.45) is 11.7 Å². The molecule has 3 heteroatoms. The van der Waals surface area contributed by atoms with E-state index in [-0.39, 0.29) is 12.1 Å². The molecule has 0 amide bonds. The predicted octanol–water partition coefficient (Wildman–Crippen LogP) is 1.74. The number of nitrogens with two attached hydrogens (primary N) is 1. The van der Waals surface area contributed by atoms with Crippen LogP contribution >= 0.6 is 0 Å². The Kier molecular flexibility index (Phi) is 4.45. The van der Waals surface area contributed by atoms with Crippen LogP contribution < -0.4 is 5.73 Å². The van der Waals surface area contributed by atoms with E-state index in [1.807, 2.05) is 0 Å². The lowest BCUT2D eigenvalue weighted by atomic mass is 9.92. The van der Waals surface area contributed by atoms with E-state index in [1.165, 1.54) is 38.8 Å². The fraction of sp³-hybridized carbons (Fsp3) is 1.00. The van der Waals surface area contributed by atoms with Gasteiger partial charge in [-0.3, -0.25) is 0 Å². The first kappa shape index (κ1) is 13.3. The maximum atomic E-state index is 9.29. The summed E-state index contributed by atoms with van der Waals surface area (Å²) >= 11 is 0. The average Bonchev–Trinajstić information content (AvgIpc) is 3.18. The highest BCUT2D eigenvalue weighted by atomic mass is 16.3. The minimum absolute atomic E-state index is 0.121. The van der Waals surface area contributed by atoms with Crippen molar-refractivity contribution >= 4 is 0 Å². The summed E-state index contributed by atoms with van der Waals surface area (Å²) in [5.41, 5.74) is 5.78. The molecule has 0 radical (unpaired) electrons. The summed E-state index contributed by atoms with van der Waals surface area (Å²) in [6.07, 6.45) is 8.63. The molecule has 0 saturated heterocycles. The van der Waals surface area contributed by atoms with E-state index in [1.54, 1.807) is 0 Å². The van der Waals surface area contributed by atoms with Crippen molar-refractivity contribution in [3.05, 3.63) is 0 Å². The molecule has 2 aliphatic rings. The van der Waals surface area contributed by atoms with Crippen LogP contribution in [0.2, 0.25) is 0 Å². The fourth-order valence-electron chi connectivity index (χ4n) is 2.50. The normalized spacial score (nSPS) is 24.0. The van der Waals surface area contributed by atoms with Gasteiger partial charge in [-0.15, -0.1) is 0 Å². The number of aliphatic hydroxyl groups is 1. The van der Waals surface area contributed by atoms with E-state index in [0.717, 1.165) is 31.2 Å². The second-order valence-corrected chi connectivity index (χ2v) is 6.15. The average molecular weight is 240 g/mol. The molecule has 3 N–H and O–H groups in total. The molecule has 2 rings (SSSR count). The summed E-state index contributed by atoms with van der Waals surface area (Å²) in [6, 6.07) is 0.874. The minimum Gasteiger partial charge on any atom is -0.394 e. The quantitative estimate of drug-likeness (QED) is 0.645. The third kappa shape index (κ3) is 4.23. The minimum atomic E-state index is -0.338. The highest BCUT2D eigenvalue weighted by Crippen LogP contribution is 2.35. The first-order chi connectivity index (χ1) is 8.17. The van der Waals surface area contributed by atoms with Gasteiger partial charge in [-0.1, -0.05) is 6.92 Å². The summed E-state index contributed by atoms with van der Waals surface area (Å²) in [5, 5.41) is 9.29. The highest BCUT2D eigenvalue weighted by molar-refractivity contribution is 4.89. The van der Waals surface area contributed by atoms with Crippen LogP contribution in [0.15, 0.2) is 0 Å². The fourth-order valence-corrected chi connectivity index (χ4v) is 2.50. The van der Waals surface area contributed by atoms with E-state index < -0.39 is 0 Å². The molecule has 2 saturated carbocycles. The Morgan fingerprint density at radius 2 is 2.00 bits per heavy atom. The first-order valence-electron chi connectivity index (χ1n) is 7.30. The van der Waals surface area contributed by atoms with E-state index in [0.29, 0.717) is 0 Å². The van der Waals surface area contributed by atoms with Crippen LogP contribution in [-0.4, -0.2) is 41.3 Å². The molecular weight excluding hydrogens is 212 g/mol. The van der Waals surface area contributed by atoms with Gasteiger partial charge >= 0.3 is 0 Å². The Balaban J connectivity index is 1.67. The van der Waals surface area contributed by atoms with Gasteiger partial charge < -0.3 is 15.7 Å². The first-order valence-corrected chi connectivity index (χ1v) is 7.30. The third-order valence-corrected chi connectivity index (χ3v) is 4.39. The largest absolute Gasteiger partial charge is 0.394 e. The molecule has 0 spiro atoms. The van der Waals surface area contributed by atoms with Gasteiger partial charge in [-0.2, -0.15) is 0 Å². The smallest absolute Gasteiger partial charge is 0.0611 e. The standard InChI is InChI=1S/C14H28N2O/c1-2-14(15,11-17)8-3-9-16(13-6-7-13)10-12-4-5-12/h12-13,17H,2-11,15H2,1H3. The van der Waals surface area contributed by atoms with Crippen LogP contribution in [0.4, 0.5) is 0 Å². The lowest BCUT2D eigenvalue weighted by Gasteiger charge is -2.28. The summed E-state index contributed by atoms with van der Waals surface area (Å²) in [6.45, 7) is 4.68. The van der Waals surface area contributed by atoms with Gasteiger partial charge in [0, 0.05) is 18.1 Å². The van der Waals surface area contributed by atoms with Gasteiger partial charge in [0.15, 0.2) is 0 Å². The molecular formula is C14H28N2O. The molecule has 1 unspecified atom stereocenters. The van der Waals surface area contributed by atoms with Gasteiger partial charge in [0.05, 0.1) is 6.61 Å². The lowest BCUT2D eigenvalue weighted by molar-refractivity contribution is 0.169. The van der Waals surface area contributed by atoms with Crippen LogP contribution in [0.3, 0.4) is 0 Å². The molecule has 1 atom stereocenters. The Morgan fingerprint density at radius 1 is 1.29 bits per heavy atom. The molecule has 0 heterocycles. The summed E-state index contributed by atoms with van der Waals surface area (Å²) in [7, 11) is 0. The Hall–Kier alpha value is -0.120. The zero-order chi connectivity index (χ0) is 12.3. The highest BCUT2D eigenvalue weighted by Gasteiger charge is 2.33.